The van der Waals surface area contributed by atoms with E-state index < -0.39 is 0 Å². The molecule has 1 aromatic carbocycles. The number of aliphatic hydroxyl groups is 1. The highest BCUT2D eigenvalue weighted by Gasteiger charge is 2.24. The topological polar surface area (TPSA) is 23.5 Å². The number of benzene rings is 1. The molecule has 2 atom stereocenters. The fourth-order valence-corrected chi connectivity index (χ4v) is 3.26. The summed E-state index contributed by atoms with van der Waals surface area (Å²) in [6, 6.07) is 5.52. The van der Waals surface area contributed by atoms with E-state index in [1.54, 1.807) is 13.0 Å². The van der Waals surface area contributed by atoms with Crippen LogP contribution in [0.1, 0.15) is 42.2 Å². The Morgan fingerprint density at radius 2 is 2.25 bits per heavy atom. The predicted octanol–water partition coefficient (Wildman–Crippen LogP) is 3.65. The highest BCUT2D eigenvalue weighted by Crippen LogP contribution is 2.27. The molecule has 1 N–H and O–H groups in total. The molecule has 112 valence electrons. The van der Waals surface area contributed by atoms with Crippen molar-refractivity contribution < 1.29 is 9.50 Å². The largest absolute Gasteiger partial charge is 0.396 e. The maximum atomic E-state index is 13.3. The molecule has 0 saturated carbocycles. The van der Waals surface area contributed by atoms with Crippen molar-refractivity contribution in [3.05, 3.63) is 35.1 Å². The number of rotatable bonds is 5. The van der Waals surface area contributed by atoms with E-state index in [4.69, 9.17) is 16.7 Å². The zero-order chi connectivity index (χ0) is 14.5. The van der Waals surface area contributed by atoms with E-state index in [-0.39, 0.29) is 17.8 Å². The first kappa shape index (κ1) is 15.7. The summed E-state index contributed by atoms with van der Waals surface area (Å²) in [6.45, 7) is 3.78. The average molecular weight is 300 g/mol. The summed E-state index contributed by atoms with van der Waals surface area (Å²) < 4.78 is 13.3. The minimum atomic E-state index is -0.186. The van der Waals surface area contributed by atoms with E-state index in [0.717, 1.165) is 31.5 Å². The molecule has 2 nitrogen and oxygen atoms in total. The lowest BCUT2D eigenvalue weighted by molar-refractivity contribution is 0.119. The minimum absolute atomic E-state index is 0.131. The van der Waals surface area contributed by atoms with E-state index >= 15 is 0 Å². The Kier molecular flexibility index (Phi) is 5.82. The number of piperidine rings is 1. The SMILES string of the molecule is Cc1cc(C(Cl)CN2CCCCC2CCO)ccc1F. The third kappa shape index (κ3) is 3.94. The number of alkyl halides is 1. The second-order valence-corrected chi connectivity index (χ2v) is 6.16. The summed E-state index contributed by atoms with van der Waals surface area (Å²) in [5.41, 5.74) is 1.61. The summed E-state index contributed by atoms with van der Waals surface area (Å²) in [7, 11) is 0. The zero-order valence-electron chi connectivity index (χ0n) is 12.0. The van der Waals surface area contributed by atoms with Crippen molar-refractivity contribution >= 4 is 11.6 Å². The number of aliphatic hydroxyl groups excluding tert-OH is 1. The van der Waals surface area contributed by atoms with Crippen LogP contribution in [0, 0.1) is 12.7 Å². The molecule has 4 heteroatoms. The molecule has 2 rings (SSSR count). The van der Waals surface area contributed by atoms with Gasteiger partial charge in [0, 0.05) is 19.2 Å². The Bertz CT molecular complexity index is 438. The van der Waals surface area contributed by atoms with Crippen LogP contribution in [0.5, 0.6) is 0 Å². The van der Waals surface area contributed by atoms with Crippen LogP contribution in [0.2, 0.25) is 0 Å². The molecule has 1 aromatic rings. The van der Waals surface area contributed by atoms with Gasteiger partial charge in [-0.05, 0) is 49.9 Å². The third-order valence-corrected chi connectivity index (χ3v) is 4.54. The van der Waals surface area contributed by atoms with Crippen LogP contribution < -0.4 is 0 Å². The Morgan fingerprint density at radius 3 is 2.95 bits per heavy atom. The molecule has 1 aliphatic rings. The van der Waals surface area contributed by atoms with Gasteiger partial charge in [0.05, 0.1) is 5.38 Å². The van der Waals surface area contributed by atoms with Gasteiger partial charge >= 0.3 is 0 Å². The van der Waals surface area contributed by atoms with Crippen molar-refractivity contribution in [3.63, 3.8) is 0 Å². The molecule has 0 spiro atoms. The zero-order valence-corrected chi connectivity index (χ0v) is 12.7. The lowest BCUT2D eigenvalue weighted by atomic mass is 9.98. The van der Waals surface area contributed by atoms with Gasteiger partial charge in [0.25, 0.3) is 0 Å². The molecule has 1 aliphatic heterocycles. The molecule has 1 heterocycles. The monoisotopic (exact) mass is 299 g/mol. The molecule has 1 saturated heterocycles. The van der Waals surface area contributed by atoms with Crippen LogP contribution in [0.15, 0.2) is 18.2 Å². The Balaban J connectivity index is 2.01. The fraction of sp³-hybridized carbons (Fsp3) is 0.625. The number of halogens is 2. The molecule has 0 aliphatic carbocycles. The van der Waals surface area contributed by atoms with Gasteiger partial charge in [0.2, 0.25) is 0 Å². The maximum Gasteiger partial charge on any atom is 0.126 e. The van der Waals surface area contributed by atoms with Crippen molar-refractivity contribution in [2.45, 2.75) is 44.0 Å². The predicted molar refractivity (Wildman–Crippen MR) is 80.6 cm³/mol. The summed E-state index contributed by atoms with van der Waals surface area (Å²) in [5, 5.41) is 9.02. The molecule has 0 amide bonds. The summed E-state index contributed by atoms with van der Waals surface area (Å²) in [6.07, 6.45) is 4.36. The van der Waals surface area contributed by atoms with E-state index in [1.165, 1.54) is 18.9 Å². The molecule has 1 fully saturated rings. The van der Waals surface area contributed by atoms with E-state index in [1.807, 2.05) is 6.07 Å². The van der Waals surface area contributed by atoms with Crippen molar-refractivity contribution in [2.75, 3.05) is 19.7 Å². The number of hydrogen-bond donors (Lipinski definition) is 1. The van der Waals surface area contributed by atoms with Crippen LogP contribution >= 0.6 is 11.6 Å². The Morgan fingerprint density at radius 1 is 1.45 bits per heavy atom. The lowest BCUT2D eigenvalue weighted by Gasteiger charge is -2.36. The maximum absolute atomic E-state index is 13.3. The van der Waals surface area contributed by atoms with Gasteiger partial charge in [-0.1, -0.05) is 18.6 Å². The fourth-order valence-electron chi connectivity index (χ4n) is 2.95. The first-order chi connectivity index (χ1) is 9.61. The van der Waals surface area contributed by atoms with Gasteiger partial charge in [0.1, 0.15) is 5.82 Å². The number of nitrogens with zero attached hydrogens (tertiary/aromatic N) is 1. The first-order valence-corrected chi connectivity index (χ1v) is 7.80. The van der Waals surface area contributed by atoms with E-state index in [9.17, 15) is 4.39 Å². The quantitative estimate of drug-likeness (QED) is 0.839. The van der Waals surface area contributed by atoms with Crippen LogP contribution in [-0.2, 0) is 0 Å². The molecule has 20 heavy (non-hydrogen) atoms. The first-order valence-electron chi connectivity index (χ1n) is 7.37. The van der Waals surface area contributed by atoms with Gasteiger partial charge in [-0.3, -0.25) is 4.90 Å². The second-order valence-electron chi connectivity index (χ2n) is 5.63. The standard InChI is InChI=1S/C16H23ClFNO/c1-12-10-13(5-6-16(12)18)15(17)11-19-8-3-2-4-14(19)7-9-20/h5-6,10,14-15,20H,2-4,7-9,11H2,1H3. The molecule has 0 radical (unpaired) electrons. The van der Waals surface area contributed by atoms with Crippen LogP contribution in [0.3, 0.4) is 0 Å². The Hall–Kier alpha value is -0.640. The highest BCUT2D eigenvalue weighted by atomic mass is 35.5. The average Bonchev–Trinajstić information content (AvgIpc) is 2.44. The summed E-state index contributed by atoms with van der Waals surface area (Å²) in [4.78, 5) is 2.37. The lowest BCUT2D eigenvalue weighted by Crippen LogP contribution is -2.41. The summed E-state index contributed by atoms with van der Waals surface area (Å²) >= 11 is 6.50. The number of aryl methyl sites for hydroxylation is 1. The van der Waals surface area contributed by atoms with Gasteiger partial charge in [-0.2, -0.15) is 0 Å². The van der Waals surface area contributed by atoms with Gasteiger partial charge < -0.3 is 5.11 Å². The molecule has 2 unspecified atom stereocenters. The summed E-state index contributed by atoms with van der Waals surface area (Å²) in [5.74, 6) is -0.186. The molecular formula is C16H23ClFNO. The highest BCUT2D eigenvalue weighted by molar-refractivity contribution is 6.21. The van der Waals surface area contributed by atoms with Gasteiger partial charge in [-0.25, -0.2) is 4.39 Å². The van der Waals surface area contributed by atoms with Crippen molar-refractivity contribution in [3.8, 4) is 0 Å². The normalized spacial score (nSPS) is 21.9. The number of likely N-dealkylation sites (tertiary alicyclic amines) is 1. The molecule has 0 bridgehead atoms. The van der Waals surface area contributed by atoms with Gasteiger partial charge in [0.15, 0.2) is 0 Å². The van der Waals surface area contributed by atoms with Gasteiger partial charge in [-0.15, -0.1) is 11.6 Å². The van der Waals surface area contributed by atoms with Crippen LogP contribution in [0.25, 0.3) is 0 Å². The number of hydrogen-bond acceptors (Lipinski definition) is 2. The second kappa shape index (κ2) is 7.39. The van der Waals surface area contributed by atoms with Crippen molar-refractivity contribution in [1.82, 2.24) is 4.90 Å². The van der Waals surface area contributed by atoms with E-state index in [2.05, 4.69) is 4.90 Å². The van der Waals surface area contributed by atoms with Crippen molar-refractivity contribution in [2.24, 2.45) is 0 Å². The smallest absolute Gasteiger partial charge is 0.126 e. The van der Waals surface area contributed by atoms with Crippen molar-refractivity contribution in [1.29, 1.82) is 0 Å². The molecular weight excluding hydrogens is 277 g/mol. The van der Waals surface area contributed by atoms with Crippen LogP contribution in [-0.4, -0.2) is 35.7 Å². The third-order valence-electron chi connectivity index (χ3n) is 4.15. The van der Waals surface area contributed by atoms with E-state index in [0.29, 0.717) is 11.6 Å². The molecule has 0 aromatic heterocycles. The minimum Gasteiger partial charge on any atom is -0.396 e. The van der Waals surface area contributed by atoms with Crippen LogP contribution in [0.4, 0.5) is 4.39 Å². The Labute approximate surface area is 125 Å².